The van der Waals surface area contributed by atoms with Crippen LogP contribution in [0.2, 0.25) is 10.0 Å². The molecule has 1 N–H and O–H groups in total. The number of amides is 2. The molecule has 3 aromatic rings. The Bertz CT molecular complexity index is 1420. The van der Waals surface area contributed by atoms with E-state index in [9.17, 15) is 14.0 Å². The molecule has 10 heteroatoms. The van der Waals surface area contributed by atoms with Crippen LogP contribution in [0.3, 0.4) is 0 Å². The first kappa shape index (κ1) is 24.5. The van der Waals surface area contributed by atoms with Gasteiger partial charge in [0.2, 0.25) is 5.91 Å². The molecule has 0 spiro atoms. The number of benzene rings is 3. The van der Waals surface area contributed by atoms with E-state index in [-0.39, 0.29) is 28.2 Å². The Morgan fingerprint density at radius 3 is 2.54 bits per heavy atom. The molecule has 0 aromatic heterocycles. The summed E-state index contributed by atoms with van der Waals surface area (Å²) >= 11 is 13.0. The maximum absolute atomic E-state index is 14.6. The molecule has 0 saturated carbocycles. The first-order valence-corrected chi connectivity index (χ1v) is 11.9. The highest BCUT2D eigenvalue weighted by atomic mass is 35.5. The minimum atomic E-state index is -0.605. The van der Waals surface area contributed by atoms with Gasteiger partial charge in [-0.15, -0.1) is 0 Å². The number of aliphatic imine (C=N–C) groups is 1. The number of nitriles is 1. The summed E-state index contributed by atoms with van der Waals surface area (Å²) in [5.74, 6) is -1.59. The number of nitrogens with zero attached hydrogens (tertiary/aromatic N) is 3. The molecule has 0 aliphatic carbocycles. The average Bonchev–Trinajstić information content (AvgIpc) is 3.15. The number of hydrogen-bond acceptors (Lipinski definition) is 5. The Morgan fingerprint density at radius 1 is 1.11 bits per heavy atom. The van der Waals surface area contributed by atoms with E-state index in [0.29, 0.717) is 26.9 Å². The van der Waals surface area contributed by atoms with Crippen molar-refractivity contribution < 1.29 is 14.0 Å². The number of nitrogens with one attached hydrogen (secondary N) is 1. The maximum Gasteiger partial charge on any atom is 0.283 e. The van der Waals surface area contributed by atoms with Crippen molar-refractivity contribution in [3.8, 4) is 6.07 Å². The van der Waals surface area contributed by atoms with Gasteiger partial charge in [0.1, 0.15) is 11.5 Å². The largest absolute Gasteiger partial charge is 0.325 e. The molecule has 0 radical (unpaired) electrons. The van der Waals surface area contributed by atoms with Gasteiger partial charge >= 0.3 is 0 Å². The quantitative estimate of drug-likeness (QED) is 0.407. The van der Waals surface area contributed by atoms with Crippen molar-refractivity contribution in [1.29, 1.82) is 5.26 Å². The van der Waals surface area contributed by atoms with Crippen molar-refractivity contribution in [2.45, 2.75) is 0 Å². The lowest BCUT2D eigenvalue weighted by molar-refractivity contribution is -0.114. The summed E-state index contributed by atoms with van der Waals surface area (Å²) in [6, 6.07) is 19.1. The molecule has 2 amide bonds. The Morgan fingerprint density at radius 2 is 1.86 bits per heavy atom. The van der Waals surface area contributed by atoms with Crippen LogP contribution in [0.4, 0.5) is 15.8 Å². The zero-order chi connectivity index (χ0) is 24.9. The molecule has 0 fully saturated rings. The van der Waals surface area contributed by atoms with Gasteiger partial charge in [-0.1, -0.05) is 53.2 Å². The smallest absolute Gasteiger partial charge is 0.283 e. The number of anilines is 2. The van der Waals surface area contributed by atoms with E-state index < -0.39 is 11.7 Å². The molecule has 1 aliphatic rings. The summed E-state index contributed by atoms with van der Waals surface area (Å²) in [6.45, 7) is 0. The third-order valence-electron chi connectivity index (χ3n) is 4.80. The number of carbonyl (C=O) groups excluding carboxylic acids is 2. The van der Waals surface area contributed by atoms with Crippen LogP contribution >= 0.6 is 35.0 Å². The summed E-state index contributed by atoms with van der Waals surface area (Å²) in [5.41, 5.74) is 1.66. The topological polar surface area (TPSA) is 85.6 Å². The molecule has 3 aromatic carbocycles. The van der Waals surface area contributed by atoms with Gasteiger partial charge in [-0.05, 0) is 60.2 Å². The fourth-order valence-corrected chi connectivity index (χ4v) is 4.27. The minimum absolute atomic E-state index is 0.0220. The molecule has 0 bridgehead atoms. The summed E-state index contributed by atoms with van der Waals surface area (Å²) < 4.78 is 14.6. The van der Waals surface area contributed by atoms with Crippen molar-refractivity contribution >= 4 is 69.4 Å². The second-order valence-electron chi connectivity index (χ2n) is 7.22. The fourth-order valence-electron chi connectivity index (χ4n) is 3.15. The van der Waals surface area contributed by atoms with Gasteiger partial charge in [0.05, 0.1) is 33.1 Å². The molecule has 0 atom stereocenters. The molecule has 1 aliphatic heterocycles. The van der Waals surface area contributed by atoms with Gasteiger partial charge in [-0.3, -0.25) is 14.5 Å². The van der Waals surface area contributed by atoms with Crippen molar-refractivity contribution in [3.05, 3.63) is 99.4 Å². The zero-order valence-corrected chi connectivity index (χ0v) is 20.2. The second-order valence-corrected chi connectivity index (χ2v) is 8.97. The lowest BCUT2D eigenvalue weighted by Crippen LogP contribution is -2.32. The van der Waals surface area contributed by atoms with Crippen LogP contribution < -0.4 is 10.2 Å². The SMILES string of the molecule is N#Cc1ccc(NC(=O)CSC2=N/C(=C/c3ccc(Cl)c(Cl)c3)C(=O)N2c2ccccc2F)cc1. The van der Waals surface area contributed by atoms with Crippen LogP contribution in [0, 0.1) is 17.1 Å². The molecule has 1 heterocycles. The number of rotatable bonds is 5. The van der Waals surface area contributed by atoms with Crippen LogP contribution in [-0.2, 0) is 9.59 Å². The Labute approximate surface area is 214 Å². The monoisotopic (exact) mass is 524 g/mol. The van der Waals surface area contributed by atoms with Crippen molar-refractivity contribution in [1.82, 2.24) is 0 Å². The van der Waals surface area contributed by atoms with E-state index in [0.717, 1.165) is 16.7 Å². The van der Waals surface area contributed by atoms with E-state index in [1.165, 1.54) is 24.3 Å². The van der Waals surface area contributed by atoms with Crippen molar-refractivity contribution in [3.63, 3.8) is 0 Å². The Balaban J connectivity index is 1.58. The molecular formula is C25H15Cl2FN4O2S. The normalized spacial score (nSPS) is 14.1. The number of amidine groups is 1. The van der Waals surface area contributed by atoms with Gasteiger partial charge in [0.15, 0.2) is 5.17 Å². The molecular weight excluding hydrogens is 510 g/mol. The van der Waals surface area contributed by atoms with E-state index in [1.807, 2.05) is 6.07 Å². The van der Waals surface area contributed by atoms with Gasteiger partial charge in [0, 0.05) is 5.69 Å². The van der Waals surface area contributed by atoms with E-state index >= 15 is 0 Å². The van der Waals surface area contributed by atoms with Gasteiger partial charge in [-0.25, -0.2) is 9.38 Å². The highest BCUT2D eigenvalue weighted by Crippen LogP contribution is 2.32. The van der Waals surface area contributed by atoms with Crippen LogP contribution in [0.15, 0.2) is 77.4 Å². The second kappa shape index (κ2) is 10.7. The van der Waals surface area contributed by atoms with Gasteiger partial charge in [-0.2, -0.15) is 5.26 Å². The van der Waals surface area contributed by atoms with E-state index in [1.54, 1.807) is 48.5 Å². The van der Waals surface area contributed by atoms with Gasteiger partial charge in [0.25, 0.3) is 5.91 Å². The number of halogens is 3. The average molecular weight is 525 g/mol. The molecule has 4 rings (SSSR count). The summed E-state index contributed by atoms with van der Waals surface area (Å²) in [4.78, 5) is 31.2. The number of carbonyl (C=O) groups is 2. The van der Waals surface area contributed by atoms with Crippen molar-refractivity contribution in [2.24, 2.45) is 4.99 Å². The lowest BCUT2D eigenvalue weighted by atomic mass is 10.2. The Kier molecular flexibility index (Phi) is 7.51. The molecule has 35 heavy (non-hydrogen) atoms. The highest BCUT2D eigenvalue weighted by molar-refractivity contribution is 8.14. The number of hydrogen-bond donors (Lipinski definition) is 1. The molecule has 6 nitrogen and oxygen atoms in total. The van der Waals surface area contributed by atoms with Crippen LogP contribution in [0.25, 0.3) is 6.08 Å². The summed E-state index contributed by atoms with van der Waals surface area (Å²) in [7, 11) is 0. The third kappa shape index (κ3) is 5.72. The third-order valence-corrected chi connectivity index (χ3v) is 6.48. The van der Waals surface area contributed by atoms with E-state index in [4.69, 9.17) is 28.5 Å². The molecule has 0 unspecified atom stereocenters. The molecule has 0 saturated heterocycles. The lowest BCUT2D eigenvalue weighted by Gasteiger charge is -2.18. The van der Waals surface area contributed by atoms with Crippen LogP contribution in [0.1, 0.15) is 11.1 Å². The van der Waals surface area contributed by atoms with Crippen molar-refractivity contribution in [2.75, 3.05) is 16.0 Å². The van der Waals surface area contributed by atoms with Crippen LogP contribution in [0.5, 0.6) is 0 Å². The maximum atomic E-state index is 14.6. The van der Waals surface area contributed by atoms with Crippen LogP contribution in [-0.4, -0.2) is 22.7 Å². The Hall–Kier alpha value is -3.64. The van der Waals surface area contributed by atoms with E-state index in [2.05, 4.69) is 10.3 Å². The first-order valence-electron chi connectivity index (χ1n) is 10.1. The first-order chi connectivity index (χ1) is 16.9. The fraction of sp³-hybridized carbons (Fsp3) is 0.0400. The predicted molar refractivity (Wildman–Crippen MR) is 138 cm³/mol. The summed E-state index contributed by atoms with van der Waals surface area (Å²) in [5, 5.41) is 12.4. The molecule has 174 valence electrons. The summed E-state index contributed by atoms with van der Waals surface area (Å²) in [6.07, 6.45) is 1.52. The minimum Gasteiger partial charge on any atom is -0.325 e. The highest BCUT2D eigenvalue weighted by Gasteiger charge is 2.34. The number of thioether (sulfide) groups is 1. The zero-order valence-electron chi connectivity index (χ0n) is 17.8. The standard InChI is InChI=1S/C25H15Cl2FN4O2S/c26-18-10-7-16(11-19(18)27)12-21-24(34)32(22-4-2-1-3-20(22)28)25(31-21)35-14-23(33)30-17-8-5-15(13-29)6-9-17/h1-12H,14H2,(H,30,33)/b21-12+. The number of para-hydroxylation sites is 1. The predicted octanol–water partition coefficient (Wildman–Crippen LogP) is 6.12. The van der Waals surface area contributed by atoms with Gasteiger partial charge < -0.3 is 5.32 Å².